The van der Waals surface area contributed by atoms with Gasteiger partial charge >= 0.3 is 0 Å². The van der Waals surface area contributed by atoms with Crippen molar-refractivity contribution in [3.8, 4) is 11.4 Å². The lowest BCUT2D eigenvalue weighted by Gasteiger charge is -2.23. The van der Waals surface area contributed by atoms with Gasteiger partial charge in [0.15, 0.2) is 0 Å². The molecule has 5 heteroatoms. The number of aromatic nitrogens is 3. The lowest BCUT2D eigenvalue weighted by molar-refractivity contribution is 0.246. The second kappa shape index (κ2) is 6.92. The quantitative estimate of drug-likeness (QED) is 0.822. The molecule has 0 radical (unpaired) electrons. The molecule has 0 amide bonds. The Morgan fingerprint density at radius 1 is 1.18 bits per heavy atom. The number of methoxy groups -OCH3 is 1. The molecule has 1 saturated heterocycles. The Labute approximate surface area is 131 Å². The van der Waals surface area contributed by atoms with Crippen LogP contribution in [0, 0.1) is 0 Å². The minimum absolute atomic E-state index is 0.614. The van der Waals surface area contributed by atoms with Crippen molar-refractivity contribution in [3.05, 3.63) is 36.4 Å². The number of nitrogens with zero attached hydrogens (tertiary/aromatic N) is 4. The Morgan fingerprint density at radius 2 is 1.91 bits per heavy atom. The van der Waals surface area contributed by atoms with Crippen molar-refractivity contribution in [2.45, 2.75) is 38.6 Å². The zero-order valence-corrected chi connectivity index (χ0v) is 13.4. The molecule has 5 nitrogen and oxygen atoms in total. The molecule has 1 fully saturated rings. The standard InChI is InChI=1S/C17H24N4O/c1-14(20-11-3-4-12-20)5-10-17-18-13-19-21(17)15-6-8-16(22-2)9-7-15/h6-9,13-14H,3-5,10-12H2,1-2H3/t14-/m1/s1. The lowest BCUT2D eigenvalue weighted by atomic mass is 10.1. The first kappa shape index (κ1) is 15.0. The van der Waals surface area contributed by atoms with E-state index in [9.17, 15) is 0 Å². The minimum atomic E-state index is 0.614. The highest BCUT2D eigenvalue weighted by molar-refractivity contribution is 5.37. The van der Waals surface area contributed by atoms with Crippen LogP contribution >= 0.6 is 0 Å². The van der Waals surface area contributed by atoms with Gasteiger partial charge < -0.3 is 9.64 Å². The summed E-state index contributed by atoms with van der Waals surface area (Å²) < 4.78 is 7.13. The number of aryl methyl sites for hydroxylation is 1. The van der Waals surface area contributed by atoms with E-state index in [4.69, 9.17) is 4.74 Å². The predicted octanol–water partition coefficient (Wildman–Crippen LogP) is 2.69. The van der Waals surface area contributed by atoms with E-state index in [1.165, 1.54) is 25.9 Å². The Bertz CT molecular complexity index is 587. The largest absolute Gasteiger partial charge is 0.497 e. The molecule has 0 aliphatic carbocycles. The molecule has 1 aromatic heterocycles. The van der Waals surface area contributed by atoms with E-state index in [2.05, 4.69) is 21.9 Å². The van der Waals surface area contributed by atoms with Crippen LogP contribution in [0.15, 0.2) is 30.6 Å². The van der Waals surface area contributed by atoms with Gasteiger partial charge in [-0.2, -0.15) is 5.10 Å². The summed E-state index contributed by atoms with van der Waals surface area (Å²) in [4.78, 5) is 7.01. The van der Waals surface area contributed by atoms with Gasteiger partial charge in [-0.1, -0.05) is 0 Å². The number of hydrogen-bond acceptors (Lipinski definition) is 4. The first-order valence-electron chi connectivity index (χ1n) is 8.05. The maximum Gasteiger partial charge on any atom is 0.138 e. The fourth-order valence-electron chi connectivity index (χ4n) is 3.08. The molecule has 0 unspecified atom stereocenters. The topological polar surface area (TPSA) is 43.2 Å². The number of hydrogen-bond donors (Lipinski definition) is 0. The van der Waals surface area contributed by atoms with Gasteiger partial charge in [-0.15, -0.1) is 0 Å². The monoisotopic (exact) mass is 300 g/mol. The SMILES string of the molecule is COc1ccc(-n2ncnc2CC[C@@H](C)N2CCCC2)cc1. The fourth-order valence-corrected chi connectivity index (χ4v) is 3.08. The van der Waals surface area contributed by atoms with Crippen LogP contribution in [0.2, 0.25) is 0 Å². The molecule has 2 aromatic rings. The van der Waals surface area contributed by atoms with Crippen LogP contribution < -0.4 is 4.74 Å². The van der Waals surface area contributed by atoms with Crippen LogP contribution in [-0.4, -0.2) is 45.9 Å². The van der Waals surface area contributed by atoms with E-state index >= 15 is 0 Å². The van der Waals surface area contributed by atoms with E-state index in [1.54, 1.807) is 13.4 Å². The van der Waals surface area contributed by atoms with E-state index in [0.29, 0.717) is 6.04 Å². The Balaban J connectivity index is 1.66. The van der Waals surface area contributed by atoms with Crippen molar-refractivity contribution >= 4 is 0 Å². The second-order valence-corrected chi connectivity index (χ2v) is 5.92. The molecule has 118 valence electrons. The van der Waals surface area contributed by atoms with Gasteiger partial charge in [0.05, 0.1) is 12.8 Å². The molecule has 1 aliphatic rings. The molecule has 22 heavy (non-hydrogen) atoms. The highest BCUT2D eigenvalue weighted by atomic mass is 16.5. The molecule has 0 spiro atoms. The molecule has 1 aromatic carbocycles. The van der Waals surface area contributed by atoms with Crippen LogP contribution in [0.1, 0.15) is 32.0 Å². The second-order valence-electron chi connectivity index (χ2n) is 5.92. The summed E-state index contributed by atoms with van der Waals surface area (Å²) >= 11 is 0. The summed E-state index contributed by atoms with van der Waals surface area (Å²) in [6.07, 6.45) is 6.39. The first-order valence-corrected chi connectivity index (χ1v) is 8.05. The summed E-state index contributed by atoms with van der Waals surface area (Å²) in [5, 5.41) is 4.37. The van der Waals surface area contributed by atoms with Crippen molar-refractivity contribution in [3.63, 3.8) is 0 Å². The molecular formula is C17H24N4O. The van der Waals surface area contributed by atoms with Crippen molar-refractivity contribution in [2.75, 3.05) is 20.2 Å². The zero-order valence-electron chi connectivity index (χ0n) is 13.4. The first-order chi connectivity index (χ1) is 10.8. The summed E-state index contributed by atoms with van der Waals surface area (Å²) in [6.45, 7) is 4.80. The third-order valence-corrected chi connectivity index (χ3v) is 4.49. The highest BCUT2D eigenvalue weighted by Gasteiger charge is 2.18. The lowest BCUT2D eigenvalue weighted by Crippen LogP contribution is -2.30. The smallest absolute Gasteiger partial charge is 0.138 e. The normalized spacial score (nSPS) is 16.8. The van der Waals surface area contributed by atoms with Gasteiger partial charge in [0, 0.05) is 12.5 Å². The molecule has 1 atom stereocenters. The third kappa shape index (κ3) is 3.30. The van der Waals surface area contributed by atoms with Crippen LogP contribution in [0.3, 0.4) is 0 Å². The van der Waals surface area contributed by atoms with Gasteiger partial charge in [-0.25, -0.2) is 9.67 Å². The molecule has 3 rings (SSSR count). The maximum absolute atomic E-state index is 5.20. The Hall–Kier alpha value is -1.88. The van der Waals surface area contributed by atoms with Crippen molar-refractivity contribution < 1.29 is 4.74 Å². The maximum atomic E-state index is 5.20. The molecule has 0 saturated carbocycles. The van der Waals surface area contributed by atoms with E-state index in [1.807, 2.05) is 28.9 Å². The number of ether oxygens (including phenoxy) is 1. The Morgan fingerprint density at radius 3 is 2.59 bits per heavy atom. The highest BCUT2D eigenvalue weighted by Crippen LogP contribution is 2.18. The van der Waals surface area contributed by atoms with E-state index in [0.717, 1.165) is 30.1 Å². The number of rotatable bonds is 6. The van der Waals surface area contributed by atoms with Crippen LogP contribution in [0.25, 0.3) is 5.69 Å². The average molecular weight is 300 g/mol. The van der Waals surface area contributed by atoms with Crippen molar-refractivity contribution in [1.29, 1.82) is 0 Å². The summed E-state index contributed by atoms with van der Waals surface area (Å²) in [5.74, 6) is 1.88. The van der Waals surface area contributed by atoms with E-state index < -0.39 is 0 Å². The third-order valence-electron chi connectivity index (χ3n) is 4.49. The van der Waals surface area contributed by atoms with Crippen molar-refractivity contribution in [2.24, 2.45) is 0 Å². The summed E-state index contributed by atoms with van der Waals surface area (Å²) in [5.41, 5.74) is 1.03. The molecule has 0 N–H and O–H groups in total. The number of benzene rings is 1. The average Bonchev–Trinajstić information content (AvgIpc) is 3.24. The van der Waals surface area contributed by atoms with Crippen LogP contribution in [0.4, 0.5) is 0 Å². The summed E-state index contributed by atoms with van der Waals surface area (Å²) in [7, 11) is 1.68. The molecule has 0 bridgehead atoms. The van der Waals surface area contributed by atoms with Crippen LogP contribution in [0.5, 0.6) is 5.75 Å². The molecule has 1 aliphatic heterocycles. The van der Waals surface area contributed by atoms with Crippen LogP contribution in [-0.2, 0) is 6.42 Å². The number of likely N-dealkylation sites (tertiary alicyclic amines) is 1. The molecule has 2 heterocycles. The Kier molecular flexibility index (Phi) is 4.73. The zero-order chi connectivity index (χ0) is 15.4. The predicted molar refractivity (Wildman–Crippen MR) is 86.5 cm³/mol. The minimum Gasteiger partial charge on any atom is -0.497 e. The van der Waals surface area contributed by atoms with Gasteiger partial charge in [0.1, 0.15) is 17.9 Å². The van der Waals surface area contributed by atoms with Crippen molar-refractivity contribution in [1.82, 2.24) is 19.7 Å². The fraction of sp³-hybridized carbons (Fsp3) is 0.529. The van der Waals surface area contributed by atoms with E-state index in [-0.39, 0.29) is 0 Å². The van der Waals surface area contributed by atoms with Gasteiger partial charge in [-0.05, 0) is 63.5 Å². The van der Waals surface area contributed by atoms with Gasteiger partial charge in [-0.3, -0.25) is 0 Å². The summed E-state index contributed by atoms with van der Waals surface area (Å²) in [6, 6.07) is 8.55. The molecular weight excluding hydrogens is 276 g/mol. The van der Waals surface area contributed by atoms with Gasteiger partial charge in [0.25, 0.3) is 0 Å². The van der Waals surface area contributed by atoms with Gasteiger partial charge in [0.2, 0.25) is 0 Å².